The third-order valence-electron chi connectivity index (χ3n) is 5.74. The third kappa shape index (κ3) is 6.12. The van der Waals surface area contributed by atoms with Crippen molar-refractivity contribution in [2.24, 2.45) is 0 Å². The second-order valence-corrected chi connectivity index (χ2v) is 8.30. The highest BCUT2D eigenvalue weighted by Gasteiger charge is 2.24. The van der Waals surface area contributed by atoms with E-state index in [2.05, 4.69) is 20.5 Å². The van der Waals surface area contributed by atoms with E-state index in [9.17, 15) is 19.7 Å². The first-order valence-electron chi connectivity index (χ1n) is 11.6. The van der Waals surface area contributed by atoms with Crippen molar-refractivity contribution in [3.63, 3.8) is 0 Å². The quantitative estimate of drug-likeness (QED) is 0.280. The van der Waals surface area contributed by atoms with Crippen molar-refractivity contribution in [2.75, 3.05) is 49.5 Å². The number of anilines is 2. The van der Waals surface area contributed by atoms with Crippen molar-refractivity contribution < 1.29 is 14.5 Å². The van der Waals surface area contributed by atoms with Crippen LogP contribution in [0.15, 0.2) is 60.7 Å². The number of carbonyl (C=O) groups excluding carboxylic acids is 2. The number of rotatable bonds is 8. The molecule has 186 valence electrons. The number of nitro groups is 1. The van der Waals surface area contributed by atoms with Crippen molar-refractivity contribution in [3.05, 3.63) is 76.3 Å². The monoisotopic (exact) mass is 489 g/mol. The standard InChI is InChI=1S/C25H27N7O4/c1-18(33)26-10-11-27-22-17-23(29-24(28-22)19-6-3-2-4-7-19)30-12-14-31(15-13-30)25(34)20-8-5-9-21(16-20)32(35)36/h2-9,16-17H,10-15H2,1H3,(H,26,33)(H,27,28,29). The molecular formula is C25H27N7O4. The van der Waals surface area contributed by atoms with Crippen LogP contribution in [0.2, 0.25) is 0 Å². The molecule has 2 heterocycles. The van der Waals surface area contributed by atoms with Gasteiger partial charge in [-0.25, -0.2) is 9.97 Å². The lowest BCUT2D eigenvalue weighted by Gasteiger charge is -2.35. The number of carbonyl (C=O) groups is 2. The van der Waals surface area contributed by atoms with Crippen molar-refractivity contribution in [3.8, 4) is 11.4 Å². The Morgan fingerprint density at radius 1 is 0.972 bits per heavy atom. The number of amides is 2. The highest BCUT2D eigenvalue weighted by Crippen LogP contribution is 2.24. The van der Waals surface area contributed by atoms with E-state index in [0.29, 0.717) is 56.5 Å². The lowest BCUT2D eigenvalue weighted by Crippen LogP contribution is -2.49. The number of non-ortho nitro benzene ring substituents is 1. The zero-order valence-electron chi connectivity index (χ0n) is 19.9. The summed E-state index contributed by atoms with van der Waals surface area (Å²) in [6.07, 6.45) is 0. The smallest absolute Gasteiger partial charge is 0.270 e. The maximum Gasteiger partial charge on any atom is 0.270 e. The molecule has 1 aliphatic heterocycles. The fraction of sp³-hybridized carbons (Fsp3) is 0.280. The molecule has 0 bridgehead atoms. The number of nitrogens with zero attached hydrogens (tertiary/aromatic N) is 5. The Morgan fingerprint density at radius 3 is 2.42 bits per heavy atom. The minimum Gasteiger partial charge on any atom is -0.368 e. The minimum atomic E-state index is -0.504. The maximum absolute atomic E-state index is 12.9. The van der Waals surface area contributed by atoms with Gasteiger partial charge in [0.15, 0.2) is 5.82 Å². The van der Waals surface area contributed by atoms with Gasteiger partial charge in [-0.15, -0.1) is 0 Å². The number of piperazine rings is 1. The highest BCUT2D eigenvalue weighted by molar-refractivity contribution is 5.95. The Kier molecular flexibility index (Phi) is 7.69. The molecule has 11 nitrogen and oxygen atoms in total. The van der Waals surface area contributed by atoms with Crippen LogP contribution in [0.25, 0.3) is 11.4 Å². The summed E-state index contributed by atoms with van der Waals surface area (Å²) in [5.41, 5.74) is 1.08. The van der Waals surface area contributed by atoms with Crippen LogP contribution in [-0.4, -0.2) is 70.9 Å². The van der Waals surface area contributed by atoms with Crippen molar-refractivity contribution in [1.29, 1.82) is 0 Å². The first-order valence-corrected chi connectivity index (χ1v) is 11.6. The summed E-state index contributed by atoms with van der Waals surface area (Å²) in [4.78, 5) is 47.8. The summed E-state index contributed by atoms with van der Waals surface area (Å²) in [6.45, 7) is 4.46. The van der Waals surface area contributed by atoms with Gasteiger partial charge in [-0.3, -0.25) is 19.7 Å². The first-order chi connectivity index (χ1) is 17.4. The van der Waals surface area contributed by atoms with Gasteiger partial charge in [0.25, 0.3) is 11.6 Å². The average molecular weight is 490 g/mol. The topological polar surface area (TPSA) is 134 Å². The van der Waals surface area contributed by atoms with E-state index >= 15 is 0 Å². The van der Waals surface area contributed by atoms with Crippen LogP contribution in [0.3, 0.4) is 0 Å². The van der Waals surface area contributed by atoms with Crippen molar-refractivity contribution in [2.45, 2.75) is 6.92 Å². The van der Waals surface area contributed by atoms with Crippen molar-refractivity contribution >= 4 is 29.1 Å². The Bertz CT molecular complexity index is 1240. The van der Waals surface area contributed by atoms with E-state index in [0.717, 1.165) is 11.4 Å². The summed E-state index contributed by atoms with van der Waals surface area (Å²) >= 11 is 0. The molecule has 4 rings (SSSR count). The van der Waals surface area contributed by atoms with Crippen LogP contribution in [0.4, 0.5) is 17.3 Å². The van der Waals surface area contributed by atoms with Gasteiger partial charge in [0.05, 0.1) is 4.92 Å². The zero-order chi connectivity index (χ0) is 25.5. The van der Waals surface area contributed by atoms with E-state index in [-0.39, 0.29) is 17.5 Å². The molecule has 1 fully saturated rings. The fourth-order valence-electron chi connectivity index (χ4n) is 3.91. The molecular weight excluding hydrogens is 462 g/mol. The van der Waals surface area contributed by atoms with Crippen LogP contribution >= 0.6 is 0 Å². The Hall–Kier alpha value is -4.54. The lowest BCUT2D eigenvalue weighted by atomic mass is 10.1. The van der Waals surface area contributed by atoms with E-state index in [1.807, 2.05) is 36.4 Å². The molecule has 11 heteroatoms. The van der Waals surface area contributed by atoms with Gasteiger partial charge < -0.3 is 20.4 Å². The average Bonchev–Trinajstić information content (AvgIpc) is 2.91. The molecule has 3 aromatic rings. The zero-order valence-corrected chi connectivity index (χ0v) is 19.9. The van der Waals surface area contributed by atoms with Gasteiger partial charge in [0.2, 0.25) is 5.91 Å². The Balaban J connectivity index is 1.48. The van der Waals surface area contributed by atoms with Crippen LogP contribution in [0.1, 0.15) is 17.3 Å². The molecule has 1 aromatic heterocycles. The third-order valence-corrected chi connectivity index (χ3v) is 5.74. The van der Waals surface area contributed by atoms with Gasteiger partial charge in [-0.2, -0.15) is 0 Å². The van der Waals surface area contributed by atoms with Crippen LogP contribution in [0.5, 0.6) is 0 Å². The van der Waals surface area contributed by atoms with E-state index < -0.39 is 4.92 Å². The van der Waals surface area contributed by atoms with Gasteiger partial charge in [-0.05, 0) is 6.07 Å². The summed E-state index contributed by atoms with van der Waals surface area (Å²) in [5, 5.41) is 17.0. The van der Waals surface area contributed by atoms with Gasteiger partial charge in [0.1, 0.15) is 11.6 Å². The second-order valence-electron chi connectivity index (χ2n) is 8.30. The molecule has 0 spiro atoms. The molecule has 0 unspecified atom stereocenters. The molecule has 2 aromatic carbocycles. The number of nitrogens with one attached hydrogen (secondary N) is 2. The molecule has 1 saturated heterocycles. The Labute approximate surface area is 208 Å². The van der Waals surface area contributed by atoms with E-state index in [1.54, 1.807) is 11.0 Å². The normalized spacial score (nSPS) is 13.2. The summed E-state index contributed by atoms with van der Waals surface area (Å²) < 4.78 is 0. The molecule has 0 radical (unpaired) electrons. The minimum absolute atomic E-state index is 0.0947. The maximum atomic E-state index is 12.9. The number of hydrogen-bond acceptors (Lipinski definition) is 8. The molecule has 2 amide bonds. The number of hydrogen-bond donors (Lipinski definition) is 2. The first kappa shape index (κ1) is 24.6. The van der Waals surface area contributed by atoms with Gasteiger partial charge in [0, 0.05) is 75.5 Å². The molecule has 0 saturated carbocycles. The van der Waals surface area contributed by atoms with E-state index in [1.165, 1.54) is 25.1 Å². The number of nitro benzene ring substituents is 1. The summed E-state index contributed by atoms with van der Waals surface area (Å²) in [7, 11) is 0. The molecule has 2 N–H and O–H groups in total. The van der Waals surface area contributed by atoms with Crippen LogP contribution in [0, 0.1) is 10.1 Å². The predicted octanol–water partition coefficient (Wildman–Crippen LogP) is 2.56. The SMILES string of the molecule is CC(=O)NCCNc1cc(N2CCN(C(=O)c3cccc([N+](=O)[O-])c3)CC2)nc(-c2ccccc2)n1. The molecule has 36 heavy (non-hydrogen) atoms. The van der Waals surface area contributed by atoms with Gasteiger partial charge >= 0.3 is 0 Å². The Morgan fingerprint density at radius 2 is 1.72 bits per heavy atom. The fourth-order valence-corrected chi connectivity index (χ4v) is 3.91. The summed E-state index contributed by atoms with van der Waals surface area (Å²) in [6, 6.07) is 17.3. The lowest BCUT2D eigenvalue weighted by molar-refractivity contribution is -0.384. The highest BCUT2D eigenvalue weighted by atomic mass is 16.6. The van der Waals surface area contributed by atoms with Crippen molar-refractivity contribution in [1.82, 2.24) is 20.2 Å². The number of aromatic nitrogens is 2. The van der Waals surface area contributed by atoms with Crippen LogP contribution in [-0.2, 0) is 4.79 Å². The summed E-state index contributed by atoms with van der Waals surface area (Å²) in [5.74, 6) is 1.62. The second kappa shape index (κ2) is 11.3. The largest absolute Gasteiger partial charge is 0.368 e. The molecule has 1 aliphatic rings. The van der Waals surface area contributed by atoms with Crippen LogP contribution < -0.4 is 15.5 Å². The molecule has 0 atom stereocenters. The van der Waals surface area contributed by atoms with Gasteiger partial charge in [-0.1, -0.05) is 36.4 Å². The van der Waals surface area contributed by atoms with E-state index in [4.69, 9.17) is 4.98 Å². The molecule has 0 aliphatic carbocycles. The predicted molar refractivity (Wildman–Crippen MR) is 136 cm³/mol. The number of benzene rings is 2.